The van der Waals surface area contributed by atoms with Crippen molar-refractivity contribution in [2.24, 2.45) is 5.92 Å². The van der Waals surface area contributed by atoms with E-state index >= 15 is 0 Å². The van der Waals surface area contributed by atoms with E-state index in [-0.39, 0.29) is 25.0 Å². The van der Waals surface area contributed by atoms with Gasteiger partial charge in [0.05, 0.1) is 6.42 Å². The summed E-state index contributed by atoms with van der Waals surface area (Å²) in [5, 5.41) is 11.6. The van der Waals surface area contributed by atoms with Crippen LogP contribution in [0.15, 0.2) is 0 Å². The lowest BCUT2D eigenvalue weighted by Gasteiger charge is -2.30. The first kappa shape index (κ1) is 14.8. The van der Waals surface area contributed by atoms with E-state index in [0.717, 1.165) is 12.8 Å². The molecule has 104 valence electrons. The SMILES string of the molecule is CCC1CCCC(NC(=O)N(C)CCC(=O)O)C1. The number of hydrogen-bond acceptors (Lipinski definition) is 2. The van der Waals surface area contributed by atoms with Crippen molar-refractivity contribution in [1.29, 1.82) is 0 Å². The van der Waals surface area contributed by atoms with Gasteiger partial charge in [-0.3, -0.25) is 4.79 Å². The maximum atomic E-state index is 11.8. The molecule has 1 aliphatic carbocycles. The molecule has 0 radical (unpaired) electrons. The Balaban J connectivity index is 2.32. The number of carboxylic acid groups (broad SMARTS) is 1. The fourth-order valence-electron chi connectivity index (χ4n) is 2.44. The molecule has 2 unspecified atom stereocenters. The molecule has 0 aromatic carbocycles. The summed E-state index contributed by atoms with van der Waals surface area (Å²) in [7, 11) is 1.64. The van der Waals surface area contributed by atoms with Crippen molar-refractivity contribution in [3.8, 4) is 0 Å². The van der Waals surface area contributed by atoms with Crippen LogP contribution >= 0.6 is 0 Å². The Bertz CT molecular complexity index is 294. The van der Waals surface area contributed by atoms with Gasteiger partial charge < -0.3 is 15.3 Å². The maximum absolute atomic E-state index is 11.8. The van der Waals surface area contributed by atoms with Gasteiger partial charge in [0.25, 0.3) is 0 Å². The highest BCUT2D eigenvalue weighted by Crippen LogP contribution is 2.26. The van der Waals surface area contributed by atoms with Crippen LogP contribution in [0.25, 0.3) is 0 Å². The average Bonchev–Trinajstić information content (AvgIpc) is 2.36. The predicted molar refractivity (Wildman–Crippen MR) is 69.5 cm³/mol. The summed E-state index contributed by atoms with van der Waals surface area (Å²) in [6, 6.07) is 0.0986. The number of amides is 2. The summed E-state index contributed by atoms with van der Waals surface area (Å²) in [5.41, 5.74) is 0. The molecule has 0 aromatic rings. The van der Waals surface area contributed by atoms with Crippen molar-refractivity contribution >= 4 is 12.0 Å². The highest BCUT2D eigenvalue weighted by atomic mass is 16.4. The highest BCUT2D eigenvalue weighted by molar-refractivity contribution is 5.75. The van der Waals surface area contributed by atoms with Gasteiger partial charge in [0, 0.05) is 19.6 Å². The lowest BCUT2D eigenvalue weighted by atomic mass is 9.84. The van der Waals surface area contributed by atoms with Gasteiger partial charge in [-0.2, -0.15) is 0 Å². The van der Waals surface area contributed by atoms with Crippen LogP contribution in [0.3, 0.4) is 0 Å². The molecule has 2 N–H and O–H groups in total. The molecule has 1 fully saturated rings. The summed E-state index contributed by atoms with van der Waals surface area (Å²) < 4.78 is 0. The Morgan fingerprint density at radius 1 is 1.39 bits per heavy atom. The third-order valence-electron chi connectivity index (χ3n) is 3.70. The summed E-state index contributed by atoms with van der Waals surface area (Å²) in [6.07, 6.45) is 5.68. The van der Waals surface area contributed by atoms with E-state index in [9.17, 15) is 9.59 Å². The number of aliphatic carboxylic acids is 1. The van der Waals surface area contributed by atoms with E-state index in [1.807, 2.05) is 0 Å². The molecular weight excluding hydrogens is 232 g/mol. The topological polar surface area (TPSA) is 69.6 Å². The van der Waals surface area contributed by atoms with E-state index in [1.165, 1.54) is 24.2 Å². The molecule has 0 saturated heterocycles. The molecule has 5 nitrogen and oxygen atoms in total. The van der Waals surface area contributed by atoms with Crippen LogP contribution in [0.5, 0.6) is 0 Å². The molecule has 2 amide bonds. The van der Waals surface area contributed by atoms with Crippen LogP contribution in [0, 0.1) is 5.92 Å². The third kappa shape index (κ3) is 4.94. The molecule has 1 aliphatic rings. The number of nitrogens with one attached hydrogen (secondary N) is 1. The van der Waals surface area contributed by atoms with Gasteiger partial charge in [-0.25, -0.2) is 4.79 Å². The van der Waals surface area contributed by atoms with Gasteiger partial charge >= 0.3 is 12.0 Å². The lowest BCUT2D eigenvalue weighted by Crippen LogP contribution is -2.45. The maximum Gasteiger partial charge on any atom is 0.317 e. The minimum absolute atomic E-state index is 0.00777. The second-order valence-electron chi connectivity index (χ2n) is 5.15. The monoisotopic (exact) mass is 256 g/mol. The van der Waals surface area contributed by atoms with Crippen molar-refractivity contribution in [2.75, 3.05) is 13.6 Å². The fourth-order valence-corrected chi connectivity index (χ4v) is 2.44. The molecule has 0 aromatic heterocycles. The molecule has 1 saturated carbocycles. The van der Waals surface area contributed by atoms with Crippen LogP contribution in [0.2, 0.25) is 0 Å². The van der Waals surface area contributed by atoms with E-state index < -0.39 is 5.97 Å². The van der Waals surface area contributed by atoms with E-state index in [2.05, 4.69) is 12.2 Å². The number of carbonyl (C=O) groups is 2. The Kier molecular flexibility index (Phi) is 5.95. The Hall–Kier alpha value is -1.26. The molecule has 0 spiro atoms. The lowest BCUT2D eigenvalue weighted by molar-refractivity contribution is -0.137. The zero-order valence-corrected chi connectivity index (χ0v) is 11.3. The quantitative estimate of drug-likeness (QED) is 0.791. The van der Waals surface area contributed by atoms with Crippen LogP contribution in [0.1, 0.15) is 45.4 Å². The van der Waals surface area contributed by atoms with Crippen molar-refractivity contribution in [3.63, 3.8) is 0 Å². The first-order valence-electron chi connectivity index (χ1n) is 6.76. The molecule has 0 bridgehead atoms. The van der Waals surface area contributed by atoms with E-state index in [0.29, 0.717) is 5.92 Å². The third-order valence-corrected chi connectivity index (χ3v) is 3.70. The highest BCUT2D eigenvalue weighted by Gasteiger charge is 2.23. The summed E-state index contributed by atoms with van der Waals surface area (Å²) in [5.74, 6) is -0.160. The standard InChI is InChI=1S/C13H24N2O3/c1-3-10-5-4-6-11(9-10)14-13(18)15(2)8-7-12(16)17/h10-11H,3-9H2,1-2H3,(H,14,18)(H,16,17). The van der Waals surface area contributed by atoms with Gasteiger partial charge in [0.15, 0.2) is 0 Å². The van der Waals surface area contributed by atoms with Gasteiger partial charge in [0.1, 0.15) is 0 Å². The normalized spacial score (nSPS) is 23.4. The number of nitrogens with zero attached hydrogens (tertiary/aromatic N) is 1. The smallest absolute Gasteiger partial charge is 0.317 e. The number of hydrogen-bond donors (Lipinski definition) is 2. The van der Waals surface area contributed by atoms with Crippen molar-refractivity contribution in [2.45, 2.75) is 51.5 Å². The molecular formula is C13H24N2O3. The largest absolute Gasteiger partial charge is 0.481 e. The molecule has 5 heteroatoms. The average molecular weight is 256 g/mol. The number of carboxylic acids is 1. The number of rotatable bonds is 5. The number of carbonyl (C=O) groups excluding carboxylic acids is 1. The zero-order valence-electron chi connectivity index (χ0n) is 11.3. The Labute approximate surface area is 109 Å². The van der Waals surface area contributed by atoms with Crippen LogP contribution in [0.4, 0.5) is 4.79 Å². The molecule has 1 rings (SSSR count). The van der Waals surface area contributed by atoms with Crippen LogP contribution in [-0.4, -0.2) is 41.6 Å². The number of urea groups is 1. The Morgan fingerprint density at radius 3 is 2.72 bits per heavy atom. The van der Waals surface area contributed by atoms with Gasteiger partial charge in [0.2, 0.25) is 0 Å². The zero-order chi connectivity index (χ0) is 13.5. The summed E-state index contributed by atoms with van der Waals surface area (Å²) in [6.45, 7) is 2.44. The fraction of sp³-hybridized carbons (Fsp3) is 0.846. The molecule has 18 heavy (non-hydrogen) atoms. The van der Waals surface area contributed by atoms with Crippen molar-refractivity contribution < 1.29 is 14.7 Å². The van der Waals surface area contributed by atoms with E-state index in [1.54, 1.807) is 7.05 Å². The predicted octanol–water partition coefficient (Wildman–Crippen LogP) is 2.07. The first-order chi connectivity index (χ1) is 8.52. The Morgan fingerprint density at radius 2 is 2.11 bits per heavy atom. The van der Waals surface area contributed by atoms with Gasteiger partial charge in [-0.1, -0.05) is 26.2 Å². The van der Waals surface area contributed by atoms with Crippen molar-refractivity contribution in [3.05, 3.63) is 0 Å². The minimum Gasteiger partial charge on any atom is -0.481 e. The van der Waals surface area contributed by atoms with Crippen LogP contribution < -0.4 is 5.32 Å². The second-order valence-corrected chi connectivity index (χ2v) is 5.15. The van der Waals surface area contributed by atoms with Crippen LogP contribution in [-0.2, 0) is 4.79 Å². The second kappa shape index (κ2) is 7.24. The van der Waals surface area contributed by atoms with Crippen molar-refractivity contribution in [1.82, 2.24) is 10.2 Å². The molecule has 2 atom stereocenters. The van der Waals surface area contributed by atoms with Gasteiger partial charge in [-0.05, 0) is 18.8 Å². The first-order valence-corrected chi connectivity index (χ1v) is 6.76. The van der Waals surface area contributed by atoms with Gasteiger partial charge in [-0.15, -0.1) is 0 Å². The summed E-state index contributed by atoms with van der Waals surface area (Å²) in [4.78, 5) is 23.7. The molecule has 0 aliphatic heterocycles. The minimum atomic E-state index is -0.877. The van der Waals surface area contributed by atoms with E-state index in [4.69, 9.17) is 5.11 Å². The summed E-state index contributed by atoms with van der Waals surface area (Å²) >= 11 is 0. The molecule has 0 heterocycles.